The zero-order valence-corrected chi connectivity index (χ0v) is 18.1. The van der Waals surface area contributed by atoms with Gasteiger partial charge in [0.25, 0.3) is 0 Å². The molecular weight excluding hydrogens is 382 g/mol. The first-order chi connectivity index (χ1) is 14.1. The summed E-state index contributed by atoms with van der Waals surface area (Å²) in [6.07, 6.45) is 6.24. The van der Waals surface area contributed by atoms with Gasteiger partial charge in [0, 0.05) is 38.5 Å². The molecule has 3 heterocycles. The van der Waals surface area contributed by atoms with E-state index < -0.39 is 0 Å². The fraction of sp³-hybridized carbons (Fsp3) is 0.609. The van der Waals surface area contributed by atoms with E-state index in [1.54, 1.807) is 11.3 Å². The first kappa shape index (κ1) is 20.3. The van der Waals surface area contributed by atoms with Gasteiger partial charge in [0.15, 0.2) is 0 Å². The highest BCUT2D eigenvalue weighted by Crippen LogP contribution is 2.25. The summed E-state index contributed by atoms with van der Waals surface area (Å²) >= 11 is 1.72. The molecule has 6 heteroatoms. The molecule has 0 radical (unpaired) electrons. The monoisotopic (exact) mass is 413 g/mol. The van der Waals surface area contributed by atoms with Crippen LogP contribution in [0, 0.1) is 11.8 Å². The first-order valence-corrected chi connectivity index (χ1v) is 11.8. The molecule has 4 rings (SSSR count). The van der Waals surface area contributed by atoms with Gasteiger partial charge >= 0.3 is 0 Å². The quantitative estimate of drug-likeness (QED) is 0.741. The molecule has 2 saturated heterocycles. The average Bonchev–Trinajstić information content (AvgIpc) is 3.16. The van der Waals surface area contributed by atoms with E-state index in [1.807, 2.05) is 23.1 Å². The number of likely N-dealkylation sites (tertiary alicyclic amines) is 2. The van der Waals surface area contributed by atoms with Crippen molar-refractivity contribution in [2.45, 2.75) is 51.9 Å². The van der Waals surface area contributed by atoms with E-state index in [2.05, 4.69) is 22.9 Å². The molecule has 5 nitrogen and oxygen atoms in total. The fourth-order valence-corrected chi connectivity index (χ4v) is 5.61. The molecule has 1 unspecified atom stereocenters. The standard InChI is InChI=1S/C23H31N3O2S/c1-17-6-5-13-26(16-17)23(28)18-11-14-25(15-12-18)22(27)10-4-9-21-24-19-7-2-3-8-20(19)29-21/h2-3,7-8,17-18H,4-6,9-16H2,1H3. The Hall–Kier alpha value is -1.95. The van der Waals surface area contributed by atoms with Gasteiger partial charge in [-0.05, 0) is 56.6 Å². The Labute approximate surface area is 177 Å². The molecule has 2 amide bonds. The maximum atomic E-state index is 12.8. The van der Waals surface area contributed by atoms with Crippen molar-refractivity contribution in [3.63, 3.8) is 0 Å². The number of amides is 2. The molecule has 0 spiro atoms. The molecule has 1 aromatic heterocycles. The Balaban J connectivity index is 1.20. The predicted octanol–water partition coefficient (Wildman–Crippen LogP) is 4.12. The van der Waals surface area contributed by atoms with E-state index in [4.69, 9.17) is 0 Å². The van der Waals surface area contributed by atoms with Crippen molar-refractivity contribution in [1.29, 1.82) is 0 Å². The maximum Gasteiger partial charge on any atom is 0.225 e. The number of hydrogen-bond acceptors (Lipinski definition) is 4. The summed E-state index contributed by atoms with van der Waals surface area (Å²) in [6.45, 7) is 5.49. The zero-order chi connectivity index (χ0) is 20.2. The van der Waals surface area contributed by atoms with Crippen LogP contribution in [0.4, 0.5) is 0 Å². The minimum absolute atomic E-state index is 0.104. The second-order valence-corrected chi connectivity index (χ2v) is 9.73. The Morgan fingerprint density at radius 2 is 1.90 bits per heavy atom. The number of carbonyl (C=O) groups is 2. The van der Waals surface area contributed by atoms with Gasteiger partial charge in [-0.15, -0.1) is 11.3 Å². The third-order valence-electron chi connectivity index (χ3n) is 6.29. The number of nitrogens with zero attached hydrogens (tertiary/aromatic N) is 3. The van der Waals surface area contributed by atoms with Crippen LogP contribution in [0.15, 0.2) is 24.3 Å². The second kappa shape index (κ2) is 9.24. The zero-order valence-electron chi connectivity index (χ0n) is 17.3. The minimum atomic E-state index is 0.104. The molecule has 2 aliphatic heterocycles. The van der Waals surface area contributed by atoms with Gasteiger partial charge in [0.1, 0.15) is 0 Å². The van der Waals surface area contributed by atoms with Gasteiger partial charge < -0.3 is 9.80 Å². The Bertz CT molecular complexity index is 824. The van der Waals surface area contributed by atoms with E-state index in [0.29, 0.717) is 18.2 Å². The minimum Gasteiger partial charge on any atom is -0.343 e. The van der Waals surface area contributed by atoms with Crippen LogP contribution in [0.2, 0.25) is 0 Å². The lowest BCUT2D eigenvalue weighted by Gasteiger charge is -2.37. The first-order valence-electron chi connectivity index (χ1n) is 11.0. The molecule has 0 aliphatic carbocycles. The summed E-state index contributed by atoms with van der Waals surface area (Å²) < 4.78 is 1.21. The summed E-state index contributed by atoms with van der Waals surface area (Å²) in [5, 5.41) is 1.11. The lowest BCUT2D eigenvalue weighted by atomic mass is 9.92. The van der Waals surface area contributed by atoms with Crippen LogP contribution in [0.25, 0.3) is 10.2 Å². The van der Waals surface area contributed by atoms with Crippen molar-refractivity contribution in [2.75, 3.05) is 26.2 Å². The number of fused-ring (bicyclic) bond motifs is 1. The average molecular weight is 414 g/mol. The molecule has 156 valence electrons. The second-order valence-electron chi connectivity index (χ2n) is 8.62. The van der Waals surface area contributed by atoms with Crippen molar-refractivity contribution in [1.82, 2.24) is 14.8 Å². The Morgan fingerprint density at radius 3 is 2.66 bits per heavy atom. The highest BCUT2D eigenvalue weighted by molar-refractivity contribution is 7.18. The van der Waals surface area contributed by atoms with E-state index in [1.165, 1.54) is 11.1 Å². The van der Waals surface area contributed by atoms with E-state index in [0.717, 1.165) is 68.8 Å². The van der Waals surface area contributed by atoms with Crippen LogP contribution in [0.1, 0.15) is 50.5 Å². The van der Waals surface area contributed by atoms with Gasteiger partial charge in [0.2, 0.25) is 11.8 Å². The molecule has 0 bridgehead atoms. The lowest BCUT2D eigenvalue weighted by molar-refractivity contribution is -0.142. The molecule has 2 aromatic rings. The number of aryl methyl sites for hydroxylation is 1. The van der Waals surface area contributed by atoms with E-state index in [9.17, 15) is 9.59 Å². The summed E-state index contributed by atoms with van der Waals surface area (Å²) in [6, 6.07) is 8.18. The number of carbonyl (C=O) groups excluding carboxylic acids is 2. The summed E-state index contributed by atoms with van der Waals surface area (Å²) in [5.41, 5.74) is 1.05. The van der Waals surface area contributed by atoms with Crippen LogP contribution < -0.4 is 0 Å². The van der Waals surface area contributed by atoms with Crippen molar-refractivity contribution in [2.24, 2.45) is 11.8 Å². The Kier molecular flexibility index (Phi) is 6.48. The molecule has 2 aliphatic rings. The number of benzene rings is 1. The molecule has 2 fully saturated rings. The predicted molar refractivity (Wildman–Crippen MR) is 117 cm³/mol. The summed E-state index contributed by atoms with van der Waals surface area (Å²) in [4.78, 5) is 34.1. The number of hydrogen-bond donors (Lipinski definition) is 0. The molecule has 1 aromatic carbocycles. The smallest absolute Gasteiger partial charge is 0.225 e. The Morgan fingerprint density at radius 1 is 1.10 bits per heavy atom. The number of aromatic nitrogens is 1. The molecule has 29 heavy (non-hydrogen) atoms. The molecule has 0 saturated carbocycles. The molecule has 0 N–H and O–H groups in total. The van der Waals surface area contributed by atoms with Crippen LogP contribution in [-0.2, 0) is 16.0 Å². The fourth-order valence-electron chi connectivity index (χ4n) is 4.60. The number of rotatable bonds is 5. The largest absolute Gasteiger partial charge is 0.343 e. The van der Waals surface area contributed by atoms with Crippen molar-refractivity contribution in [3.8, 4) is 0 Å². The van der Waals surface area contributed by atoms with Gasteiger partial charge in [-0.2, -0.15) is 0 Å². The normalized spacial score (nSPS) is 20.9. The third-order valence-corrected chi connectivity index (χ3v) is 7.38. The van der Waals surface area contributed by atoms with Crippen molar-refractivity contribution >= 4 is 33.4 Å². The number of thiazole rings is 1. The van der Waals surface area contributed by atoms with Gasteiger partial charge in [-0.25, -0.2) is 4.98 Å². The summed E-state index contributed by atoms with van der Waals surface area (Å²) in [5.74, 6) is 1.26. The van der Waals surface area contributed by atoms with Gasteiger partial charge in [0.05, 0.1) is 15.2 Å². The van der Waals surface area contributed by atoms with Crippen LogP contribution >= 0.6 is 11.3 Å². The van der Waals surface area contributed by atoms with Crippen molar-refractivity contribution < 1.29 is 9.59 Å². The van der Waals surface area contributed by atoms with Crippen LogP contribution in [0.3, 0.4) is 0 Å². The maximum absolute atomic E-state index is 12.8. The van der Waals surface area contributed by atoms with E-state index >= 15 is 0 Å². The molecule has 1 atom stereocenters. The van der Waals surface area contributed by atoms with Gasteiger partial charge in [-0.3, -0.25) is 9.59 Å². The SMILES string of the molecule is CC1CCCN(C(=O)C2CCN(C(=O)CCCc3nc4ccccc4s3)CC2)C1. The highest BCUT2D eigenvalue weighted by atomic mass is 32.1. The number of para-hydroxylation sites is 1. The summed E-state index contributed by atoms with van der Waals surface area (Å²) in [7, 11) is 0. The molecular formula is C23H31N3O2S. The van der Waals surface area contributed by atoms with Gasteiger partial charge in [-0.1, -0.05) is 19.1 Å². The van der Waals surface area contributed by atoms with Crippen LogP contribution in [-0.4, -0.2) is 52.8 Å². The highest BCUT2D eigenvalue weighted by Gasteiger charge is 2.31. The lowest BCUT2D eigenvalue weighted by Crippen LogP contribution is -2.46. The topological polar surface area (TPSA) is 53.5 Å². The number of piperidine rings is 2. The third kappa shape index (κ3) is 4.97. The van der Waals surface area contributed by atoms with E-state index in [-0.39, 0.29) is 11.8 Å². The van der Waals surface area contributed by atoms with Crippen LogP contribution in [0.5, 0.6) is 0 Å². The van der Waals surface area contributed by atoms with Crippen molar-refractivity contribution in [3.05, 3.63) is 29.3 Å².